The number of hydrogen-bond donors (Lipinski definition) is 1. The quantitative estimate of drug-likeness (QED) is 0.940. The number of ether oxygens (including phenoxy) is 1. The molecule has 0 bridgehead atoms. The molecule has 0 radical (unpaired) electrons. The van der Waals surface area contributed by atoms with E-state index in [0.29, 0.717) is 11.4 Å². The third-order valence-corrected chi connectivity index (χ3v) is 2.65. The number of alkyl halides is 2. The van der Waals surface area contributed by atoms with Gasteiger partial charge in [-0.2, -0.15) is 8.78 Å². The van der Waals surface area contributed by atoms with Crippen LogP contribution in [0.2, 0.25) is 5.02 Å². The number of halogens is 3. The zero-order chi connectivity index (χ0) is 14.0. The topological polar surface area (TPSA) is 60.2 Å². The van der Waals surface area contributed by atoms with Gasteiger partial charge in [-0.25, -0.2) is 4.68 Å². The lowest BCUT2D eigenvalue weighted by molar-refractivity contribution is -0.0497. The van der Waals surface area contributed by atoms with E-state index in [2.05, 4.69) is 15.0 Å². The molecule has 2 rings (SSSR count). The summed E-state index contributed by atoms with van der Waals surface area (Å²) in [5.74, 6) is -0.150. The first-order chi connectivity index (χ1) is 8.97. The molecule has 1 heterocycles. The standard InChI is InChI=1S/C11H10ClF2N3O2/c1-6(18)9-5-17(16-15-9)7-2-3-8(12)10(4-7)19-11(13)14/h2-6,11,18H,1H3/t6-/m0/s1. The fourth-order valence-corrected chi connectivity index (χ4v) is 1.58. The molecule has 0 saturated heterocycles. The Balaban J connectivity index is 2.33. The second-order valence-electron chi connectivity index (χ2n) is 3.76. The van der Waals surface area contributed by atoms with E-state index >= 15 is 0 Å². The van der Waals surface area contributed by atoms with E-state index in [4.69, 9.17) is 11.6 Å². The average Bonchev–Trinajstić information content (AvgIpc) is 2.81. The summed E-state index contributed by atoms with van der Waals surface area (Å²) in [4.78, 5) is 0. The fourth-order valence-electron chi connectivity index (χ4n) is 1.42. The number of aliphatic hydroxyl groups excluding tert-OH is 1. The van der Waals surface area contributed by atoms with Crippen LogP contribution >= 0.6 is 11.6 Å². The van der Waals surface area contributed by atoms with Gasteiger partial charge in [0.05, 0.1) is 23.0 Å². The number of rotatable bonds is 4. The van der Waals surface area contributed by atoms with Crippen molar-refractivity contribution in [3.05, 3.63) is 35.1 Å². The summed E-state index contributed by atoms with van der Waals surface area (Å²) in [6, 6.07) is 4.30. The lowest BCUT2D eigenvalue weighted by Gasteiger charge is -2.08. The molecule has 0 aliphatic carbocycles. The van der Waals surface area contributed by atoms with Gasteiger partial charge < -0.3 is 9.84 Å². The van der Waals surface area contributed by atoms with E-state index in [1.807, 2.05) is 0 Å². The minimum absolute atomic E-state index is 0.0694. The van der Waals surface area contributed by atoms with E-state index in [-0.39, 0.29) is 10.8 Å². The summed E-state index contributed by atoms with van der Waals surface area (Å²) in [6.07, 6.45) is 0.720. The van der Waals surface area contributed by atoms with E-state index in [0.717, 1.165) is 0 Å². The molecule has 2 aromatic rings. The van der Waals surface area contributed by atoms with Crippen molar-refractivity contribution in [2.45, 2.75) is 19.6 Å². The van der Waals surface area contributed by atoms with Crippen LogP contribution in [-0.4, -0.2) is 26.7 Å². The smallest absolute Gasteiger partial charge is 0.387 e. The highest BCUT2D eigenvalue weighted by Crippen LogP contribution is 2.28. The van der Waals surface area contributed by atoms with Crippen LogP contribution in [0.15, 0.2) is 24.4 Å². The first kappa shape index (κ1) is 13.7. The van der Waals surface area contributed by atoms with Gasteiger partial charge in [-0.05, 0) is 19.1 Å². The summed E-state index contributed by atoms with van der Waals surface area (Å²) in [5.41, 5.74) is 0.811. The molecule has 5 nitrogen and oxygen atoms in total. The molecular weight excluding hydrogens is 280 g/mol. The molecule has 0 unspecified atom stereocenters. The van der Waals surface area contributed by atoms with Gasteiger partial charge in [-0.15, -0.1) is 5.10 Å². The van der Waals surface area contributed by atoms with Crippen LogP contribution < -0.4 is 4.74 Å². The van der Waals surface area contributed by atoms with Crippen LogP contribution in [0, 0.1) is 0 Å². The predicted molar refractivity (Wildman–Crippen MR) is 63.6 cm³/mol. The Hall–Kier alpha value is -1.73. The van der Waals surface area contributed by atoms with Crippen molar-refractivity contribution >= 4 is 11.6 Å². The van der Waals surface area contributed by atoms with Gasteiger partial charge in [0.25, 0.3) is 0 Å². The Kier molecular flexibility index (Phi) is 3.96. The largest absolute Gasteiger partial charge is 0.433 e. The molecule has 19 heavy (non-hydrogen) atoms. The second kappa shape index (κ2) is 5.50. The molecule has 0 saturated carbocycles. The van der Waals surface area contributed by atoms with Crippen molar-refractivity contribution < 1.29 is 18.6 Å². The monoisotopic (exact) mass is 289 g/mol. The summed E-state index contributed by atoms with van der Waals surface area (Å²) < 4.78 is 30.0. The molecule has 0 spiro atoms. The third-order valence-electron chi connectivity index (χ3n) is 2.33. The number of hydrogen-bond acceptors (Lipinski definition) is 4. The minimum Gasteiger partial charge on any atom is -0.433 e. The van der Waals surface area contributed by atoms with E-state index < -0.39 is 12.7 Å². The maximum Gasteiger partial charge on any atom is 0.387 e. The first-order valence-electron chi connectivity index (χ1n) is 5.32. The number of nitrogens with zero attached hydrogens (tertiary/aromatic N) is 3. The zero-order valence-electron chi connectivity index (χ0n) is 9.80. The van der Waals surface area contributed by atoms with E-state index in [9.17, 15) is 13.9 Å². The van der Waals surface area contributed by atoms with Crippen molar-refractivity contribution in [2.75, 3.05) is 0 Å². The maximum atomic E-state index is 12.2. The lowest BCUT2D eigenvalue weighted by Crippen LogP contribution is -2.03. The van der Waals surface area contributed by atoms with Crippen LogP contribution in [0.4, 0.5) is 8.78 Å². The molecule has 1 aromatic carbocycles. The Morgan fingerprint density at radius 2 is 2.16 bits per heavy atom. The highest BCUT2D eigenvalue weighted by atomic mass is 35.5. The molecule has 8 heteroatoms. The summed E-state index contributed by atoms with van der Waals surface area (Å²) in [7, 11) is 0. The van der Waals surface area contributed by atoms with Crippen LogP contribution in [0.5, 0.6) is 5.75 Å². The Bertz CT molecular complexity index is 575. The summed E-state index contributed by atoms with van der Waals surface area (Å²) in [5, 5.41) is 16.9. The van der Waals surface area contributed by atoms with Gasteiger partial charge in [0.1, 0.15) is 11.4 Å². The molecule has 102 valence electrons. The molecule has 0 fully saturated rings. The SMILES string of the molecule is C[C@H](O)c1cn(-c2ccc(Cl)c(OC(F)F)c2)nn1. The number of aromatic nitrogens is 3. The average molecular weight is 290 g/mol. The Morgan fingerprint density at radius 3 is 2.74 bits per heavy atom. The Morgan fingerprint density at radius 1 is 1.42 bits per heavy atom. The third kappa shape index (κ3) is 3.18. The predicted octanol–water partition coefficient (Wildman–Crippen LogP) is 2.58. The molecule has 0 aliphatic heterocycles. The number of benzene rings is 1. The van der Waals surface area contributed by atoms with Gasteiger partial charge in [0, 0.05) is 6.07 Å². The first-order valence-corrected chi connectivity index (χ1v) is 5.70. The second-order valence-corrected chi connectivity index (χ2v) is 4.16. The fraction of sp³-hybridized carbons (Fsp3) is 0.273. The van der Waals surface area contributed by atoms with Gasteiger partial charge in [-0.3, -0.25) is 0 Å². The van der Waals surface area contributed by atoms with Crippen LogP contribution in [0.3, 0.4) is 0 Å². The van der Waals surface area contributed by atoms with Crippen LogP contribution in [0.1, 0.15) is 18.7 Å². The molecular formula is C11H10ClF2N3O2. The normalized spacial score (nSPS) is 12.7. The van der Waals surface area contributed by atoms with Crippen molar-refractivity contribution in [3.63, 3.8) is 0 Å². The summed E-state index contributed by atoms with van der Waals surface area (Å²) in [6.45, 7) is -1.42. The zero-order valence-corrected chi connectivity index (χ0v) is 10.6. The van der Waals surface area contributed by atoms with Crippen LogP contribution in [0.25, 0.3) is 5.69 Å². The summed E-state index contributed by atoms with van der Waals surface area (Å²) >= 11 is 5.74. The van der Waals surface area contributed by atoms with Crippen molar-refractivity contribution in [2.24, 2.45) is 0 Å². The van der Waals surface area contributed by atoms with Gasteiger partial charge in [0.15, 0.2) is 0 Å². The molecule has 0 amide bonds. The van der Waals surface area contributed by atoms with Crippen molar-refractivity contribution in [1.82, 2.24) is 15.0 Å². The van der Waals surface area contributed by atoms with E-state index in [1.54, 1.807) is 13.0 Å². The number of aliphatic hydroxyl groups is 1. The molecule has 1 aromatic heterocycles. The van der Waals surface area contributed by atoms with Crippen molar-refractivity contribution in [1.29, 1.82) is 0 Å². The van der Waals surface area contributed by atoms with Crippen molar-refractivity contribution in [3.8, 4) is 11.4 Å². The molecule has 1 N–H and O–H groups in total. The van der Waals surface area contributed by atoms with Gasteiger partial charge in [-0.1, -0.05) is 16.8 Å². The minimum atomic E-state index is -2.96. The Labute approximate surface area is 112 Å². The highest BCUT2D eigenvalue weighted by molar-refractivity contribution is 6.32. The van der Waals surface area contributed by atoms with Crippen LogP contribution in [-0.2, 0) is 0 Å². The maximum absolute atomic E-state index is 12.2. The van der Waals surface area contributed by atoms with Gasteiger partial charge >= 0.3 is 6.61 Å². The molecule has 1 atom stereocenters. The van der Waals surface area contributed by atoms with E-state index in [1.165, 1.54) is 23.0 Å². The lowest BCUT2D eigenvalue weighted by atomic mass is 10.3. The highest BCUT2D eigenvalue weighted by Gasteiger charge is 2.12. The molecule has 0 aliphatic rings. The van der Waals surface area contributed by atoms with Gasteiger partial charge in [0.2, 0.25) is 0 Å².